The molecule has 1 unspecified atom stereocenters. The summed E-state index contributed by atoms with van der Waals surface area (Å²) in [4.78, 5) is 63.6. The van der Waals surface area contributed by atoms with Crippen molar-refractivity contribution in [1.82, 2.24) is 20.1 Å². The van der Waals surface area contributed by atoms with Crippen molar-refractivity contribution in [3.05, 3.63) is 50.4 Å². The number of carbonyl (C=O) groups is 4. The average Bonchev–Trinajstić information content (AvgIpc) is 3.61. The van der Waals surface area contributed by atoms with Crippen LogP contribution >= 0.6 is 34.5 Å². The van der Waals surface area contributed by atoms with Crippen molar-refractivity contribution in [3.8, 4) is 0 Å². The summed E-state index contributed by atoms with van der Waals surface area (Å²) in [5.74, 6) is -1.16. The van der Waals surface area contributed by atoms with Crippen molar-refractivity contribution < 1.29 is 19.2 Å². The molecule has 40 heavy (non-hydrogen) atoms. The van der Waals surface area contributed by atoms with E-state index in [4.69, 9.17) is 34.7 Å². The SMILES string of the molecule is NC(N)=NCCCC(NC(=O)[C@@H]1CC[C@H]2CN(C(=O)CCc3ccc(Cl)c(Cl)c3)CC(=O)N21)C(=O)c1nccs1. The van der Waals surface area contributed by atoms with E-state index < -0.39 is 18.0 Å². The van der Waals surface area contributed by atoms with Crippen LogP contribution < -0.4 is 16.8 Å². The van der Waals surface area contributed by atoms with E-state index in [-0.39, 0.29) is 42.6 Å². The van der Waals surface area contributed by atoms with Crippen molar-refractivity contribution in [1.29, 1.82) is 0 Å². The fourth-order valence-electron chi connectivity index (χ4n) is 5.09. The monoisotopic (exact) mass is 607 g/mol. The minimum Gasteiger partial charge on any atom is -0.370 e. The molecular formula is C26H31Cl2N7O4S. The van der Waals surface area contributed by atoms with Crippen LogP contribution in [0.1, 0.15) is 47.5 Å². The molecule has 0 bridgehead atoms. The van der Waals surface area contributed by atoms with Crippen molar-refractivity contribution in [2.75, 3.05) is 19.6 Å². The number of carbonyl (C=O) groups excluding carboxylic acids is 4. The minimum atomic E-state index is -0.828. The first-order valence-corrected chi connectivity index (χ1v) is 14.6. The molecule has 11 nitrogen and oxygen atoms in total. The van der Waals surface area contributed by atoms with Gasteiger partial charge in [-0.2, -0.15) is 0 Å². The Morgan fingerprint density at radius 2 is 2.00 bits per heavy atom. The molecule has 2 aliphatic heterocycles. The molecule has 14 heteroatoms. The highest BCUT2D eigenvalue weighted by atomic mass is 35.5. The quantitative estimate of drug-likeness (QED) is 0.152. The molecule has 3 amide bonds. The highest BCUT2D eigenvalue weighted by molar-refractivity contribution is 7.11. The van der Waals surface area contributed by atoms with E-state index in [1.54, 1.807) is 27.3 Å². The molecule has 0 spiro atoms. The third kappa shape index (κ3) is 7.29. The van der Waals surface area contributed by atoms with E-state index in [0.29, 0.717) is 60.2 Å². The average molecular weight is 609 g/mol. The van der Waals surface area contributed by atoms with Gasteiger partial charge in [-0.15, -0.1) is 11.3 Å². The van der Waals surface area contributed by atoms with E-state index in [0.717, 1.165) is 5.56 Å². The van der Waals surface area contributed by atoms with E-state index in [9.17, 15) is 19.2 Å². The van der Waals surface area contributed by atoms with E-state index in [1.165, 1.54) is 17.5 Å². The van der Waals surface area contributed by atoms with Crippen LogP contribution in [0.15, 0.2) is 34.8 Å². The first-order chi connectivity index (χ1) is 19.1. The Labute approximate surface area is 245 Å². The number of nitrogens with two attached hydrogens (primary N) is 2. The first-order valence-electron chi connectivity index (χ1n) is 13.0. The predicted octanol–water partition coefficient (Wildman–Crippen LogP) is 2.01. The van der Waals surface area contributed by atoms with Crippen molar-refractivity contribution in [3.63, 3.8) is 0 Å². The number of hydrogen-bond donors (Lipinski definition) is 3. The number of hydrogen-bond acceptors (Lipinski definition) is 7. The van der Waals surface area contributed by atoms with Gasteiger partial charge in [-0.3, -0.25) is 24.2 Å². The summed E-state index contributed by atoms with van der Waals surface area (Å²) >= 11 is 13.2. The van der Waals surface area contributed by atoms with Gasteiger partial charge in [-0.05, 0) is 49.8 Å². The number of halogens is 2. The third-order valence-corrected chi connectivity index (χ3v) is 8.56. The van der Waals surface area contributed by atoms with Crippen molar-refractivity contribution >= 4 is 64.0 Å². The number of aryl methyl sites for hydroxylation is 1. The van der Waals surface area contributed by atoms with Crippen LogP contribution in [0, 0.1) is 0 Å². The van der Waals surface area contributed by atoms with Gasteiger partial charge in [-0.25, -0.2) is 4.98 Å². The highest BCUT2D eigenvalue weighted by Gasteiger charge is 2.46. The molecule has 1 aromatic carbocycles. The van der Waals surface area contributed by atoms with Gasteiger partial charge in [0.15, 0.2) is 11.0 Å². The Kier molecular flexibility index (Phi) is 9.99. The summed E-state index contributed by atoms with van der Waals surface area (Å²) in [6, 6.07) is 3.43. The molecule has 0 saturated carbocycles. The fraction of sp³-hybridized carbons (Fsp3) is 0.462. The Balaban J connectivity index is 1.35. The molecular weight excluding hydrogens is 577 g/mol. The summed E-state index contributed by atoms with van der Waals surface area (Å²) in [5, 5.41) is 5.70. The van der Waals surface area contributed by atoms with Crippen LogP contribution in [-0.2, 0) is 20.8 Å². The third-order valence-electron chi connectivity index (χ3n) is 7.04. The van der Waals surface area contributed by atoms with Gasteiger partial charge >= 0.3 is 0 Å². The Bertz CT molecular complexity index is 1290. The Hall–Kier alpha value is -3.22. The van der Waals surface area contributed by atoms with Crippen LogP contribution in [0.25, 0.3) is 0 Å². The molecule has 2 fully saturated rings. The van der Waals surface area contributed by atoms with Crippen molar-refractivity contribution in [2.45, 2.75) is 56.7 Å². The summed E-state index contributed by atoms with van der Waals surface area (Å²) < 4.78 is 0. The normalized spacial score (nSPS) is 19.2. The molecule has 4 rings (SSSR count). The number of thiazole rings is 1. The number of aliphatic imine (C=N–C) groups is 1. The number of rotatable bonds is 11. The standard InChI is InChI=1S/C26H31Cl2N7O4S/c27-17-6-3-15(12-18(17)28)4-8-21(36)34-13-16-5-7-20(35(16)22(37)14-34)24(39)33-19(2-1-9-32-26(29)30)23(38)25-31-10-11-40-25/h3,6,10-12,16,19-20H,1-2,4-5,7-9,13-14H2,(H,33,39)(H4,29,30,32)/t16-,19?,20-/m0/s1. The van der Waals surface area contributed by atoms with Crippen LogP contribution in [0.4, 0.5) is 0 Å². The maximum Gasteiger partial charge on any atom is 0.243 e. The molecule has 214 valence electrons. The van der Waals surface area contributed by atoms with E-state index >= 15 is 0 Å². The molecule has 3 atom stereocenters. The van der Waals surface area contributed by atoms with Gasteiger partial charge < -0.3 is 26.6 Å². The summed E-state index contributed by atoms with van der Waals surface area (Å²) in [6.07, 6.45) is 4.03. The molecule has 1 aromatic heterocycles. The van der Waals surface area contributed by atoms with Gasteiger partial charge in [0.25, 0.3) is 0 Å². The molecule has 2 saturated heterocycles. The van der Waals surface area contributed by atoms with E-state index in [1.807, 2.05) is 6.07 Å². The van der Waals surface area contributed by atoms with Crippen LogP contribution in [0.2, 0.25) is 10.0 Å². The zero-order valence-electron chi connectivity index (χ0n) is 21.7. The summed E-state index contributed by atoms with van der Waals surface area (Å²) in [7, 11) is 0. The smallest absolute Gasteiger partial charge is 0.243 e. The number of guanidine groups is 1. The number of piperazine rings is 1. The second kappa shape index (κ2) is 13.4. The highest BCUT2D eigenvalue weighted by Crippen LogP contribution is 2.29. The number of fused-ring (bicyclic) bond motifs is 1. The lowest BCUT2D eigenvalue weighted by Gasteiger charge is -2.39. The minimum absolute atomic E-state index is 0.0469. The molecule has 2 aliphatic rings. The lowest BCUT2D eigenvalue weighted by Crippen LogP contribution is -2.60. The first kappa shape index (κ1) is 29.8. The molecule has 0 aliphatic carbocycles. The number of amides is 3. The molecule has 0 radical (unpaired) electrons. The van der Waals surface area contributed by atoms with Gasteiger partial charge in [-0.1, -0.05) is 29.3 Å². The zero-order chi connectivity index (χ0) is 28.8. The van der Waals surface area contributed by atoms with Gasteiger partial charge in [0.05, 0.1) is 28.7 Å². The predicted molar refractivity (Wildman–Crippen MR) is 153 cm³/mol. The second-order valence-electron chi connectivity index (χ2n) is 9.78. The summed E-state index contributed by atoms with van der Waals surface area (Å²) in [6.45, 7) is 0.571. The number of aromatic nitrogens is 1. The zero-order valence-corrected chi connectivity index (χ0v) is 24.1. The van der Waals surface area contributed by atoms with Crippen LogP contribution in [0.3, 0.4) is 0 Å². The lowest BCUT2D eigenvalue weighted by molar-refractivity contribution is -0.151. The van der Waals surface area contributed by atoms with Crippen LogP contribution in [-0.4, -0.2) is 82.0 Å². The Morgan fingerprint density at radius 1 is 1.20 bits per heavy atom. The maximum absolute atomic E-state index is 13.4. The number of benzene rings is 1. The topological polar surface area (TPSA) is 164 Å². The van der Waals surface area contributed by atoms with Crippen molar-refractivity contribution in [2.24, 2.45) is 16.5 Å². The number of Topliss-reactive ketones (excluding diaryl/α,β-unsaturated/α-hetero) is 1. The Morgan fingerprint density at radius 3 is 2.70 bits per heavy atom. The van der Waals surface area contributed by atoms with Gasteiger partial charge in [0.1, 0.15) is 6.04 Å². The fourth-order valence-corrected chi connectivity index (χ4v) is 6.04. The van der Waals surface area contributed by atoms with E-state index in [2.05, 4.69) is 15.3 Å². The van der Waals surface area contributed by atoms with Crippen LogP contribution in [0.5, 0.6) is 0 Å². The largest absolute Gasteiger partial charge is 0.370 e. The maximum atomic E-state index is 13.4. The second-order valence-corrected chi connectivity index (χ2v) is 11.5. The van der Waals surface area contributed by atoms with Gasteiger partial charge in [0.2, 0.25) is 23.5 Å². The number of ketones is 1. The number of nitrogens with one attached hydrogen (secondary N) is 1. The number of nitrogens with zero attached hydrogens (tertiary/aromatic N) is 4. The molecule has 2 aromatic rings. The molecule has 3 heterocycles. The van der Waals surface area contributed by atoms with Gasteiger partial charge in [0, 0.05) is 31.1 Å². The lowest BCUT2D eigenvalue weighted by atomic mass is 10.1. The summed E-state index contributed by atoms with van der Waals surface area (Å²) in [5.41, 5.74) is 11.6. The molecule has 5 N–H and O–H groups in total.